The summed E-state index contributed by atoms with van der Waals surface area (Å²) in [4.78, 5) is 24.8. The van der Waals surface area contributed by atoms with Gasteiger partial charge in [0.15, 0.2) is 0 Å². The summed E-state index contributed by atoms with van der Waals surface area (Å²) in [5, 5.41) is 0. The zero-order valence-electron chi connectivity index (χ0n) is 14.7. The summed E-state index contributed by atoms with van der Waals surface area (Å²) in [6.07, 6.45) is 5.51. The van der Waals surface area contributed by atoms with Crippen molar-refractivity contribution < 1.29 is 19.1 Å². The molecule has 0 spiro atoms. The van der Waals surface area contributed by atoms with E-state index in [0.29, 0.717) is 6.61 Å². The molecular formula is C18H30O4. The molecule has 1 atom stereocenters. The largest absolute Gasteiger partial charge is 0.465 e. The van der Waals surface area contributed by atoms with E-state index in [-0.39, 0.29) is 23.3 Å². The monoisotopic (exact) mass is 310 g/mol. The molecule has 1 aliphatic carbocycles. The molecule has 0 aromatic rings. The van der Waals surface area contributed by atoms with Gasteiger partial charge in [0, 0.05) is 5.41 Å². The van der Waals surface area contributed by atoms with Gasteiger partial charge in [-0.25, -0.2) is 0 Å². The minimum Gasteiger partial charge on any atom is -0.465 e. The third-order valence-electron chi connectivity index (χ3n) is 6.08. The van der Waals surface area contributed by atoms with Crippen molar-refractivity contribution in [3.8, 4) is 0 Å². The lowest BCUT2D eigenvalue weighted by Gasteiger charge is -2.47. The fourth-order valence-corrected chi connectivity index (χ4v) is 3.99. The molecule has 126 valence electrons. The Kier molecular flexibility index (Phi) is 4.61. The molecular weight excluding hydrogens is 280 g/mol. The van der Waals surface area contributed by atoms with Crippen LogP contribution in [0.4, 0.5) is 0 Å². The van der Waals surface area contributed by atoms with Crippen LogP contribution in [0.1, 0.15) is 73.1 Å². The van der Waals surface area contributed by atoms with Gasteiger partial charge in [-0.1, -0.05) is 19.8 Å². The normalized spacial score (nSPS) is 25.1. The molecule has 1 saturated heterocycles. The van der Waals surface area contributed by atoms with E-state index >= 15 is 0 Å². The molecule has 2 aliphatic rings. The van der Waals surface area contributed by atoms with E-state index in [9.17, 15) is 9.59 Å². The molecule has 1 unspecified atom stereocenters. The van der Waals surface area contributed by atoms with Crippen LogP contribution in [0.5, 0.6) is 0 Å². The summed E-state index contributed by atoms with van der Waals surface area (Å²) in [6.45, 7) is 10.3. The summed E-state index contributed by atoms with van der Waals surface area (Å²) >= 11 is 0. The molecule has 0 amide bonds. The first kappa shape index (κ1) is 17.3. The van der Waals surface area contributed by atoms with Gasteiger partial charge in [0.1, 0.15) is 5.60 Å². The Hall–Kier alpha value is -1.06. The number of hydrogen-bond donors (Lipinski definition) is 0. The van der Waals surface area contributed by atoms with Crippen molar-refractivity contribution >= 4 is 11.9 Å². The smallest absolute Gasteiger partial charge is 0.312 e. The van der Waals surface area contributed by atoms with Gasteiger partial charge in [0.2, 0.25) is 0 Å². The van der Waals surface area contributed by atoms with Gasteiger partial charge in [-0.2, -0.15) is 0 Å². The van der Waals surface area contributed by atoms with E-state index in [0.717, 1.165) is 38.5 Å². The Balaban J connectivity index is 2.27. The molecule has 0 N–H and O–H groups in total. The van der Waals surface area contributed by atoms with Gasteiger partial charge < -0.3 is 9.47 Å². The zero-order valence-corrected chi connectivity index (χ0v) is 14.7. The molecule has 2 fully saturated rings. The first-order chi connectivity index (χ1) is 10.2. The van der Waals surface area contributed by atoms with Gasteiger partial charge in [-0.15, -0.1) is 0 Å². The van der Waals surface area contributed by atoms with Crippen LogP contribution in [0.15, 0.2) is 0 Å². The van der Waals surface area contributed by atoms with Crippen LogP contribution in [0.25, 0.3) is 0 Å². The van der Waals surface area contributed by atoms with Crippen LogP contribution in [-0.2, 0) is 19.1 Å². The van der Waals surface area contributed by atoms with Crippen molar-refractivity contribution in [1.29, 1.82) is 0 Å². The molecule has 4 nitrogen and oxygen atoms in total. The standard InChI is InChI=1S/C18H30O4/c1-6-16(2,3)15(20)22-17(4,5)18(10-7-8-11-18)13-9-12-21-14(13)19/h13H,6-12H2,1-5H3. The number of carbonyl (C=O) groups is 2. The van der Waals surface area contributed by atoms with Crippen molar-refractivity contribution in [2.24, 2.45) is 16.7 Å². The molecule has 1 heterocycles. The second-order valence-corrected chi connectivity index (χ2v) is 8.01. The van der Waals surface area contributed by atoms with E-state index in [4.69, 9.17) is 9.47 Å². The SMILES string of the molecule is CCC(C)(C)C(=O)OC(C)(C)C1(C2CCOC2=O)CCCC1. The lowest BCUT2D eigenvalue weighted by molar-refractivity contribution is -0.190. The lowest BCUT2D eigenvalue weighted by Crippen LogP contribution is -2.52. The highest BCUT2D eigenvalue weighted by atomic mass is 16.6. The number of carbonyl (C=O) groups excluding carboxylic acids is 2. The second-order valence-electron chi connectivity index (χ2n) is 8.01. The minimum atomic E-state index is -0.652. The van der Waals surface area contributed by atoms with Crippen molar-refractivity contribution in [2.45, 2.75) is 78.7 Å². The van der Waals surface area contributed by atoms with Crippen LogP contribution in [0, 0.1) is 16.7 Å². The maximum absolute atomic E-state index is 12.6. The molecule has 0 aromatic carbocycles. The number of cyclic esters (lactones) is 1. The summed E-state index contributed by atoms with van der Waals surface area (Å²) in [6, 6.07) is 0. The fourth-order valence-electron chi connectivity index (χ4n) is 3.99. The van der Waals surface area contributed by atoms with Gasteiger partial charge >= 0.3 is 11.9 Å². The highest BCUT2D eigenvalue weighted by Crippen LogP contribution is 2.56. The van der Waals surface area contributed by atoms with Crippen LogP contribution >= 0.6 is 0 Å². The Labute approximate surface area is 133 Å². The number of rotatable bonds is 5. The van der Waals surface area contributed by atoms with Crippen molar-refractivity contribution in [3.05, 3.63) is 0 Å². The second kappa shape index (κ2) is 5.86. The highest BCUT2D eigenvalue weighted by Gasteiger charge is 2.58. The Morgan fingerprint density at radius 1 is 1.27 bits per heavy atom. The number of hydrogen-bond acceptors (Lipinski definition) is 4. The summed E-state index contributed by atoms with van der Waals surface area (Å²) in [7, 11) is 0. The first-order valence-corrected chi connectivity index (χ1v) is 8.56. The van der Waals surface area contributed by atoms with E-state index < -0.39 is 11.0 Å². The summed E-state index contributed by atoms with van der Waals surface area (Å²) in [5.74, 6) is -0.416. The Morgan fingerprint density at radius 2 is 1.86 bits per heavy atom. The van der Waals surface area contributed by atoms with Crippen LogP contribution in [0.3, 0.4) is 0 Å². The van der Waals surface area contributed by atoms with Gasteiger partial charge in [-0.3, -0.25) is 9.59 Å². The van der Waals surface area contributed by atoms with Crippen molar-refractivity contribution in [1.82, 2.24) is 0 Å². The maximum Gasteiger partial charge on any atom is 0.312 e. The molecule has 0 radical (unpaired) electrons. The molecule has 0 bridgehead atoms. The topological polar surface area (TPSA) is 52.6 Å². The highest BCUT2D eigenvalue weighted by molar-refractivity contribution is 5.77. The van der Waals surface area contributed by atoms with Crippen molar-refractivity contribution in [3.63, 3.8) is 0 Å². The molecule has 4 heteroatoms. The predicted molar refractivity (Wildman–Crippen MR) is 84.2 cm³/mol. The molecule has 22 heavy (non-hydrogen) atoms. The third kappa shape index (κ3) is 2.77. The molecule has 1 saturated carbocycles. The number of ether oxygens (including phenoxy) is 2. The Morgan fingerprint density at radius 3 is 2.32 bits per heavy atom. The predicted octanol–water partition coefficient (Wildman–Crippen LogP) is 3.87. The molecule has 0 aromatic heterocycles. The van der Waals surface area contributed by atoms with Crippen LogP contribution in [0.2, 0.25) is 0 Å². The van der Waals surface area contributed by atoms with Gasteiger partial charge in [0.05, 0.1) is 17.9 Å². The average Bonchev–Trinajstić information content (AvgIpc) is 3.07. The summed E-state index contributed by atoms with van der Waals surface area (Å²) < 4.78 is 11.2. The van der Waals surface area contributed by atoms with E-state index in [1.165, 1.54) is 0 Å². The minimum absolute atomic E-state index is 0.110. The van der Waals surface area contributed by atoms with E-state index in [2.05, 4.69) is 0 Å². The first-order valence-electron chi connectivity index (χ1n) is 8.56. The van der Waals surface area contributed by atoms with Gasteiger partial charge in [0.25, 0.3) is 0 Å². The van der Waals surface area contributed by atoms with Gasteiger partial charge in [-0.05, 0) is 53.4 Å². The van der Waals surface area contributed by atoms with Crippen LogP contribution in [-0.4, -0.2) is 24.1 Å². The van der Waals surface area contributed by atoms with Crippen molar-refractivity contribution in [2.75, 3.05) is 6.61 Å². The van der Waals surface area contributed by atoms with Crippen LogP contribution < -0.4 is 0 Å². The quantitative estimate of drug-likeness (QED) is 0.723. The fraction of sp³-hybridized carbons (Fsp3) is 0.889. The zero-order chi connectivity index (χ0) is 16.6. The lowest BCUT2D eigenvalue weighted by atomic mass is 9.63. The van der Waals surface area contributed by atoms with E-state index in [1.54, 1.807) is 0 Å². The molecule has 2 rings (SSSR count). The average molecular weight is 310 g/mol. The maximum atomic E-state index is 12.6. The summed E-state index contributed by atoms with van der Waals surface area (Å²) in [5.41, 5.74) is -1.42. The van der Waals surface area contributed by atoms with E-state index in [1.807, 2.05) is 34.6 Å². The number of esters is 2. The third-order valence-corrected chi connectivity index (χ3v) is 6.08. The molecule has 1 aliphatic heterocycles. The Bertz CT molecular complexity index is 444.